The summed E-state index contributed by atoms with van der Waals surface area (Å²) < 4.78 is 13.7. The second-order valence-corrected chi connectivity index (χ2v) is 6.44. The van der Waals surface area contributed by atoms with E-state index in [1.165, 1.54) is 12.1 Å². The fraction of sp³-hybridized carbons (Fsp3) is 0.500. The van der Waals surface area contributed by atoms with Gasteiger partial charge >= 0.3 is 0 Å². The van der Waals surface area contributed by atoms with Crippen LogP contribution in [0.4, 0.5) is 10.1 Å². The third-order valence-corrected chi connectivity index (χ3v) is 4.72. The van der Waals surface area contributed by atoms with Crippen LogP contribution in [0.2, 0.25) is 5.02 Å². The van der Waals surface area contributed by atoms with E-state index in [9.17, 15) is 14.0 Å². The Morgan fingerprint density at radius 2 is 2.05 bits per heavy atom. The molecule has 0 unspecified atom stereocenters. The fourth-order valence-corrected chi connectivity index (χ4v) is 3.46. The lowest BCUT2D eigenvalue weighted by Crippen LogP contribution is -2.35. The molecule has 6 heteroatoms. The first-order valence-electron chi connectivity index (χ1n) is 7.60. The Balaban J connectivity index is 1.64. The summed E-state index contributed by atoms with van der Waals surface area (Å²) in [4.78, 5) is 26.2. The van der Waals surface area contributed by atoms with E-state index in [1.807, 2.05) is 4.90 Å². The predicted octanol–water partition coefficient (Wildman–Crippen LogP) is 3.21. The molecular weight excluding hydrogens is 307 g/mol. The minimum atomic E-state index is -0.571. The lowest BCUT2D eigenvalue weighted by molar-refractivity contribution is -0.129. The van der Waals surface area contributed by atoms with E-state index in [0.717, 1.165) is 31.7 Å². The molecule has 1 aliphatic heterocycles. The summed E-state index contributed by atoms with van der Waals surface area (Å²) in [5.41, 5.74) is 0.0983. The number of benzene rings is 1. The molecule has 1 atom stereocenters. The summed E-state index contributed by atoms with van der Waals surface area (Å²) in [7, 11) is 0. The Hall–Kier alpha value is -1.62. The summed E-state index contributed by atoms with van der Waals surface area (Å²) in [6, 6.07) is 4.38. The molecule has 2 fully saturated rings. The van der Waals surface area contributed by atoms with Gasteiger partial charge in [-0.2, -0.15) is 0 Å². The molecule has 1 aromatic carbocycles. The number of amides is 2. The van der Waals surface area contributed by atoms with Crippen molar-refractivity contribution in [3.63, 3.8) is 0 Å². The van der Waals surface area contributed by atoms with Gasteiger partial charge in [-0.05, 0) is 31.0 Å². The summed E-state index contributed by atoms with van der Waals surface area (Å²) in [5.74, 6) is -1.26. The number of rotatable bonds is 3. The second kappa shape index (κ2) is 6.24. The van der Waals surface area contributed by atoms with Crippen LogP contribution in [0.3, 0.4) is 0 Å². The van der Waals surface area contributed by atoms with Crippen LogP contribution in [0, 0.1) is 11.7 Å². The van der Waals surface area contributed by atoms with E-state index in [0.29, 0.717) is 6.54 Å². The van der Waals surface area contributed by atoms with Crippen LogP contribution in [0.15, 0.2) is 18.2 Å². The molecule has 1 aliphatic carbocycles. The molecular formula is C16H18ClFN2O2. The molecule has 1 aromatic rings. The van der Waals surface area contributed by atoms with Crippen molar-refractivity contribution >= 4 is 29.1 Å². The Morgan fingerprint density at radius 3 is 2.73 bits per heavy atom. The number of likely N-dealkylation sites (tertiary alicyclic amines) is 1. The molecule has 0 bridgehead atoms. The largest absolute Gasteiger partial charge is 0.339 e. The minimum absolute atomic E-state index is 0.0311. The number of hydrogen-bond donors (Lipinski definition) is 1. The standard InChI is InChI=1S/C16H18ClFN2O2/c17-11-5-6-14(13(18)8-11)19-16(22)10-7-15(21)20(9-10)12-3-1-2-4-12/h5-6,8,10,12H,1-4,7,9H2,(H,19,22)/t10-/m0/s1. The number of carbonyl (C=O) groups excluding carboxylic acids is 2. The number of hydrogen-bond acceptors (Lipinski definition) is 2. The maximum atomic E-state index is 13.7. The average molecular weight is 325 g/mol. The van der Waals surface area contributed by atoms with Crippen LogP contribution < -0.4 is 5.32 Å². The molecule has 2 amide bonds. The molecule has 1 N–H and O–H groups in total. The van der Waals surface area contributed by atoms with E-state index in [1.54, 1.807) is 0 Å². The van der Waals surface area contributed by atoms with E-state index in [4.69, 9.17) is 11.6 Å². The van der Waals surface area contributed by atoms with E-state index in [-0.39, 0.29) is 35.0 Å². The van der Waals surface area contributed by atoms with Crippen molar-refractivity contribution in [2.75, 3.05) is 11.9 Å². The highest BCUT2D eigenvalue weighted by Crippen LogP contribution is 2.30. The second-order valence-electron chi connectivity index (χ2n) is 6.00. The van der Waals surface area contributed by atoms with Gasteiger partial charge in [0.15, 0.2) is 0 Å². The summed E-state index contributed by atoms with van der Waals surface area (Å²) >= 11 is 5.69. The Morgan fingerprint density at radius 1 is 1.32 bits per heavy atom. The van der Waals surface area contributed by atoms with Crippen molar-refractivity contribution in [2.45, 2.75) is 38.1 Å². The van der Waals surface area contributed by atoms with Crippen molar-refractivity contribution in [1.29, 1.82) is 0 Å². The molecule has 1 saturated carbocycles. The third-order valence-electron chi connectivity index (χ3n) is 4.48. The Kier molecular flexibility index (Phi) is 4.34. The Labute approximate surface area is 133 Å². The first kappa shape index (κ1) is 15.3. The zero-order valence-corrected chi connectivity index (χ0v) is 12.9. The zero-order chi connectivity index (χ0) is 15.7. The monoisotopic (exact) mass is 324 g/mol. The maximum Gasteiger partial charge on any atom is 0.229 e. The molecule has 22 heavy (non-hydrogen) atoms. The van der Waals surface area contributed by atoms with Gasteiger partial charge in [-0.25, -0.2) is 4.39 Å². The van der Waals surface area contributed by atoms with Crippen molar-refractivity contribution in [1.82, 2.24) is 4.90 Å². The topological polar surface area (TPSA) is 49.4 Å². The molecule has 1 saturated heterocycles. The van der Waals surface area contributed by atoms with Crippen LogP contribution in [0.1, 0.15) is 32.1 Å². The van der Waals surface area contributed by atoms with Crippen LogP contribution in [0.25, 0.3) is 0 Å². The van der Waals surface area contributed by atoms with Gasteiger partial charge in [-0.3, -0.25) is 9.59 Å². The van der Waals surface area contributed by atoms with E-state index in [2.05, 4.69) is 5.32 Å². The fourth-order valence-electron chi connectivity index (χ4n) is 3.30. The molecule has 2 aliphatic rings. The van der Waals surface area contributed by atoms with Crippen molar-refractivity contribution in [3.8, 4) is 0 Å². The normalized spacial score (nSPS) is 22.4. The quantitative estimate of drug-likeness (QED) is 0.928. The number of anilines is 1. The molecule has 0 spiro atoms. The van der Waals surface area contributed by atoms with E-state index >= 15 is 0 Å². The smallest absolute Gasteiger partial charge is 0.229 e. The SMILES string of the molecule is O=C(Nc1ccc(Cl)cc1F)[C@H]1CC(=O)N(C2CCCC2)C1. The predicted molar refractivity (Wildman–Crippen MR) is 82.1 cm³/mol. The van der Waals surface area contributed by atoms with Gasteiger partial charge in [-0.15, -0.1) is 0 Å². The first-order chi connectivity index (χ1) is 10.5. The maximum absolute atomic E-state index is 13.7. The van der Waals surface area contributed by atoms with Gasteiger partial charge in [0.2, 0.25) is 11.8 Å². The summed E-state index contributed by atoms with van der Waals surface area (Å²) in [5, 5.41) is 2.84. The average Bonchev–Trinajstić information content (AvgIpc) is 3.10. The van der Waals surface area contributed by atoms with Crippen molar-refractivity contribution in [3.05, 3.63) is 29.0 Å². The molecule has 0 aromatic heterocycles. The number of halogens is 2. The van der Waals surface area contributed by atoms with Crippen molar-refractivity contribution < 1.29 is 14.0 Å². The number of carbonyl (C=O) groups is 2. The summed E-state index contributed by atoms with van der Waals surface area (Å²) in [6.07, 6.45) is 4.53. The van der Waals surface area contributed by atoms with Gasteiger partial charge in [0.05, 0.1) is 11.6 Å². The van der Waals surface area contributed by atoms with Gasteiger partial charge in [0, 0.05) is 24.0 Å². The van der Waals surface area contributed by atoms with Crippen LogP contribution in [-0.2, 0) is 9.59 Å². The molecule has 1 heterocycles. The minimum Gasteiger partial charge on any atom is -0.339 e. The van der Waals surface area contributed by atoms with Gasteiger partial charge in [0.25, 0.3) is 0 Å². The molecule has 4 nitrogen and oxygen atoms in total. The lowest BCUT2D eigenvalue weighted by Gasteiger charge is -2.23. The molecule has 3 rings (SSSR count). The van der Waals surface area contributed by atoms with Gasteiger partial charge in [0.1, 0.15) is 5.82 Å². The third kappa shape index (κ3) is 3.09. The highest BCUT2D eigenvalue weighted by atomic mass is 35.5. The van der Waals surface area contributed by atoms with Gasteiger partial charge < -0.3 is 10.2 Å². The van der Waals surface area contributed by atoms with Gasteiger partial charge in [-0.1, -0.05) is 24.4 Å². The summed E-state index contributed by atoms with van der Waals surface area (Å²) in [6.45, 7) is 0.435. The number of nitrogens with one attached hydrogen (secondary N) is 1. The van der Waals surface area contributed by atoms with Crippen LogP contribution >= 0.6 is 11.6 Å². The Bertz CT molecular complexity index is 602. The first-order valence-corrected chi connectivity index (χ1v) is 7.98. The molecule has 118 valence electrons. The highest BCUT2D eigenvalue weighted by Gasteiger charge is 2.38. The van der Waals surface area contributed by atoms with E-state index < -0.39 is 11.7 Å². The zero-order valence-electron chi connectivity index (χ0n) is 12.1. The van der Waals surface area contributed by atoms with Crippen molar-refractivity contribution in [2.24, 2.45) is 5.92 Å². The number of nitrogens with zero attached hydrogens (tertiary/aromatic N) is 1. The van der Waals surface area contributed by atoms with Crippen LogP contribution in [0.5, 0.6) is 0 Å². The lowest BCUT2D eigenvalue weighted by atomic mass is 10.1. The molecule has 0 radical (unpaired) electrons. The highest BCUT2D eigenvalue weighted by molar-refractivity contribution is 6.30. The van der Waals surface area contributed by atoms with Crippen LogP contribution in [-0.4, -0.2) is 29.3 Å².